The molecular weight excluding hydrogens is 286 g/mol. The second kappa shape index (κ2) is 5.44. The number of nitrogens with one attached hydrogen (secondary N) is 1. The van der Waals surface area contributed by atoms with Gasteiger partial charge in [0, 0.05) is 10.4 Å². The molecule has 1 unspecified atom stereocenters. The van der Waals surface area contributed by atoms with Gasteiger partial charge in [-0.15, -0.1) is 11.3 Å². The highest BCUT2D eigenvalue weighted by molar-refractivity contribution is 7.10. The number of rotatable bonds is 4. The van der Waals surface area contributed by atoms with Gasteiger partial charge >= 0.3 is 5.97 Å². The Balaban J connectivity index is 2.18. The lowest BCUT2D eigenvalue weighted by molar-refractivity contribution is -0.151. The monoisotopic (exact) mass is 309 g/mol. The number of aryl methyl sites for hydroxylation is 1. The van der Waals surface area contributed by atoms with Crippen molar-refractivity contribution in [3.8, 4) is 0 Å². The van der Waals surface area contributed by atoms with E-state index in [1.54, 1.807) is 39.0 Å². The molecule has 0 radical (unpaired) electrons. The maximum Gasteiger partial charge on any atom is 0.311 e. The zero-order valence-electron chi connectivity index (χ0n) is 13.0. The van der Waals surface area contributed by atoms with Crippen molar-refractivity contribution in [3.63, 3.8) is 0 Å². The normalized spacial score (nSPS) is 19.0. The summed E-state index contributed by atoms with van der Waals surface area (Å²) in [6, 6.07) is 2.03. The molecular formula is C16H23NO3S. The third-order valence-electron chi connectivity index (χ3n) is 4.90. The van der Waals surface area contributed by atoms with Crippen LogP contribution in [-0.2, 0) is 16.0 Å². The van der Waals surface area contributed by atoms with Crippen LogP contribution in [0.2, 0.25) is 0 Å². The fourth-order valence-electron chi connectivity index (χ4n) is 2.58. The van der Waals surface area contributed by atoms with Crippen molar-refractivity contribution in [2.24, 2.45) is 5.41 Å². The van der Waals surface area contributed by atoms with Gasteiger partial charge in [0.2, 0.25) is 5.91 Å². The molecule has 0 bridgehead atoms. The molecule has 1 amide bonds. The van der Waals surface area contributed by atoms with Gasteiger partial charge < -0.3 is 10.4 Å². The van der Waals surface area contributed by atoms with Crippen LogP contribution in [0.25, 0.3) is 0 Å². The molecule has 0 fully saturated rings. The number of hydrogen-bond acceptors (Lipinski definition) is 3. The number of thiophene rings is 1. The van der Waals surface area contributed by atoms with Crippen molar-refractivity contribution >= 4 is 23.2 Å². The Morgan fingerprint density at radius 1 is 1.33 bits per heavy atom. The standard InChI is InChI=1S/C16H23NO3S/c1-15(2,14(19)20)16(3,4)17-13(18)11-6-5-7-12-10(11)8-9-21-12/h8-9,11H,5-7H2,1-4H3,(H,17,18)(H,19,20). The van der Waals surface area contributed by atoms with Crippen LogP contribution >= 0.6 is 11.3 Å². The van der Waals surface area contributed by atoms with E-state index in [0.717, 1.165) is 24.8 Å². The minimum atomic E-state index is -1.03. The van der Waals surface area contributed by atoms with E-state index in [0.29, 0.717) is 0 Å². The molecule has 1 heterocycles. The van der Waals surface area contributed by atoms with Crippen LogP contribution in [0.4, 0.5) is 0 Å². The summed E-state index contributed by atoms with van der Waals surface area (Å²) < 4.78 is 0. The Morgan fingerprint density at radius 3 is 2.62 bits per heavy atom. The molecule has 21 heavy (non-hydrogen) atoms. The Bertz CT molecular complexity index is 560. The van der Waals surface area contributed by atoms with Crippen LogP contribution in [0.5, 0.6) is 0 Å². The number of hydrogen-bond donors (Lipinski definition) is 2. The van der Waals surface area contributed by atoms with Crippen LogP contribution in [0.1, 0.15) is 56.9 Å². The second-order valence-electron chi connectivity index (χ2n) is 6.79. The van der Waals surface area contributed by atoms with Crippen molar-refractivity contribution in [2.75, 3.05) is 0 Å². The SMILES string of the molecule is CC(C)(NC(=O)C1CCCc2sccc21)C(C)(C)C(=O)O. The average Bonchev–Trinajstić information content (AvgIpc) is 2.85. The number of carboxylic acids is 1. The molecule has 1 aromatic heterocycles. The summed E-state index contributed by atoms with van der Waals surface area (Å²) in [4.78, 5) is 25.4. The third-order valence-corrected chi connectivity index (χ3v) is 5.90. The van der Waals surface area contributed by atoms with E-state index in [9.17, 15) is 14.7 Å². The maximum atomic E-state index is 12.6. The fraction of sp³-hybridized carbons (Fsp3) is 0.625. The van der Waals surface area contributed by atoms with E-state index >= 15 is 0 Å². The molecule has 4 nitrogen and oxygen atoms in total. The van der Waals surface area contributed by atoms with Crippen LogP contribution < -0.4 is 5.32 Å². The van der Waals surface area contributed by atoms with E-state index in [-0.39, 0.29) is 11.8 Å². The van der Waals surface area contributed by atoms with Crippen LogP contribution in [0.3, 0.4) is 0 Å². The van der Waals surface area contributed by atoms with Gasteiger partial charge in [0.1, 0.15) is 0 Å². The molecule has 1 aliphatic carbocycles. The van der Waals surface area contributed by atoms with Gasteiger partial charge in [0.05, 0.1) is 11.3 Å². The number of carbonyl (C=O) groups excluding carboxylic acids is 1. The topological polar surface area (TPSA) is 66.4 Å². The predicted molar refractivity (Wildman–Crippen MR) is 83.6 cm³/mol. The van der Waals surface area contributed by atoms with Gasteiger partial charge in [0.15, 0.2) is 0 Å². The summed E-state index contributed by atoms with van der Waals surface area (Å²) in [5.74, 6) is -1.12. The second-order valence-corrected chi connectivity index (χ2v) is 7.79. The first-order valence-electron chi connectivity index (χ1n) is 7.28. The van der Waals surface area contributed by atoms with E-state index in [1.807, 2.05) is 11.4 Å². The summed E-state index contributed by atoms with van der Waals surface area (Å²) in [6.07, 6.45) is 2.88. The van der Waals surface area contributed by atoms with Gasteiger partial charge in [-0.25, -0.2) is 0 Å². The molecule has 0 saturated carbocycles. The van der Waals surface area contributed by atoms with E-state index in [2.05, 4.69) is 5.32 Å². The van der Waals surface area contributed by atoms with Crippen LogP contribution in [0, 0.1) is 5.41 Å². The van der Waals surface area contributed by atoms with Crippen molar-refractivity contribution < 1.29 is 14.7 Å². The van der Waals surface area contributed by atoms with Crippen LogP contribution in [-0.4, -0.2) is 22.5 Å². The summed E-state index contributed by atoms with van der Waals surface area (Å²) in [5.41, 5.74) is -0.731. The molecule has 1 aromatic rings. The average molecular weight is 309 g/mol. The largest absolute Gasteiger partial charge is 0.481 e. The van der Waals surface area contributed by atoms with Crippen molar-refractivity contribution in [2.45, 2.75) is 58.4 Å². The highest BCUT2D eigenvalue weighted by atomic mass is 32.1. The first kappa shape index (κ1) is 16.0. The van der Waals surface area contributed by atoms with Gasteiger partial charge in [0.25, 0.3) is 0 Å². The van der Waals surface area contributed by atoms with Gasteiger partial charge in [-0.1, -0.05) is 0 Å². The van der Waals surface area contributed by atoms with Gasteiger partial charge in [-0.3, -0.25) is 9.59 Å². The molecule has 5 heteroatoms. The van der Waals surface area contributed by atoms with Crippen molar-refractivity contribution in [1.82, 2.24) is 5.32 Å². The van der Waals surface area contributed by atoms with E-state index in [4.69, 9.17) is 0 Å². The Morgan fingerprint density at radius 2 is 2.00 bits per heavy atom. The molecule has 0 saturated heterocycles. The first-order valence-corrected chi connectivity index (χ1v) is 8.16. The molecule has 0 aromatic carbocycles. The molecule has 1 atom stereocenters. The van der Waals surface area contributed by atoms with Gasteiger partial charge in [-0.05, 0) is 64.0 Å². The first-order chi connectivity index (χ1) is 9.67. The number of carbonyl (C=O) groups is 2. The van der Waals surface area contributed by atoms with Crippen LogP contribution in [0.15, 0.2) is 11.4 Å². The third kappa shape index (κ3) is 2.84. The lowest BCUT2D eigenvalue weighted by atomic mass is 9.74. The summed E-state index contributed by atoms with van der Waals surface area (Å²) in [6.45, 7) is 6.84. The maximum absolute atomic E-state index is 12.6. The smallest absolute Gasteiger partial charge is 0.311 e. The fourth-order valence-corrected chi connectivity index (χ4v) is 3.56. The molecule has 2 N–H and O–H groups in total. The van der Waals surface area contributed by atoms with Crippen molar-refractivity contribution in [3.05, 3.63) is 21.9 Å². The van der Waals surface area contributed by atoms with Gasteiger partial charge in [-0.2, -0.15) is 0 Å². The summed E-state index contributed by atoms with van der Waals surface area (Å²) in [7, 11) is 0. The lowest BCUT2D eigenvalue weighted by Crippen LogP contribution is -2.57. The highest BCUT2D eigenvalue weighted by Crippen LogP contribution is 2.37. The van der Waals surface area contributed by atoms with E-state index in [1.165, 1.54) is 4.88 Å². The Hall–Kier alpha value is -1.36. The molecule has 116 valence electrons. The molecule has 1 aliphatic rings. The Labute approximate surface area is 129 Å². The molecule has 0 aliphatic heterocycles. The highest BCUT2D eigenvalue weighted by Gasteiger charge is 2.45. The Kier molecular flexibility index (Phi) is 4.15. The molecule has 0 spiro atoms. The predicted octanol–water partition coefficient (Wildman–Crippen LogP) is 3.17. The quantitative estimate of drug-likeness (QED) is 0.897. The lowest BCUT2D eigenvalue weighted by Gasteiger charge is -2.40. The van der Waals surface area contributed by atoms with Crippen molar-refractivity contribution in [1.29, 1.82) is 0 Å². The summed E-state index contributed by atoms with van der Waals surface area (Å²) >= 11 is 1.70. The molecule has 2 rings (SSSR count). The summed E-state index contributed by atoms with van der Waals surface area (Å²) in [5, 5.41) is 14.4. The number of amides is 1. The zero-order valence-corrected chi connectivity index (χ0v) is 13.8. The minimum Gasteiger partial charge on any atom is -0.481 e. The number of fused-ring (bicyclic) bond motifs is 1. The number of carboxylic acid groups (broad SMARTS) is 1. The number of aliphatic carboxylic acids is 1. The minimum absolute atomic E-state index is 0.0614. The zero-order chi connectivity index (χ0) is 15.8. The van der Waals surface area contributed by atoms with E-state index < -0.39 is 16.9 Å².